The number of para-hydroxylation sites is 1. The molecule has 4 rings (SSSR count). The molecule has 0 aliphatic rings. The Labute approximate surface area is 160 Å². The van der Waals surface area contributed by atoms with E-state index in [1.165, 1.54) is 10.9 Å². The van der Waals surface area contributed by atoms with Crippen molar-refractivity contribution in [1.82, 2.24) is 14.9 Å². The van der Waals surface area contributed by atoms with E-state index in [0.29, 0.717) is 24.3 Å². The summed E-state index contributed by atoms with van der Waals surface area (Å²) in [7, 11) is 0. The number of aryl methyl sites for hydroxylation is 1. The first-order valence-electron chi connectivity index (χ1n) is 8.94. The molecule has 0 saturated heterocycles. The first kappa shape index (κ1) is 17.8. The van der Waals surface area contributed by atoms with Crippen LogP contribution in [0.25, 0.3) is 22.1 Å². The van der Waals surface area contributed by atoms with Gasteiger partial charge >= 0.3 is 0 Å². The van der Waals surface area contributed by atoms with Crippen molar-refractivity contribution in [3.05, 3.63) is 70.8 Å². The van der Waals surface area contributed by atoms with Gasteiger partial charge in [-0.15, -0.1) is 0 Å². The van der Waals surface area contributed by atoms with Crippen LogP contribution in [-0.4, -0.2) is 28.6 Å². The second-order valence-corrected chi connectivity index (χ2v) is 6.47. The largest absolute Gasteiger partial charge is 0.492 e. The number of amides is 1. The fourth-order valence-electron chi connectivity index (χ4n) is 2.93. The van der Waals surface area contributed by atoms with Gasteiger partial charge in [0.25, 0.3) is 5.56 Å². The van der Waals surface area contributed by atoms with Gasteiger partial charge in [0.05, 0.1) is 12.9 Å². The van der Waals surface area contributed by atoms with Gasteiger partial charge in [-0.2, -0.15) is 0 Å². The van der Waals surface area contributed by atoms with Crippen LogP contribution in [0.3, 0.4) is 0 Å². The Morgan fingerprint density at radius 1 is 1.18 bits per heavy atom. The second-order valence-electron chi connectivity index (χ2n) is 6.47. The molecule has 4 aromatic rings. The van der Waals surface area contributed by atoms with Crippen molar-refractivity contribution in [3.8, 4) is 5.75 Å². The summed E-state index contributed by atoms with van der Waals surface area (Å²) < 4.78 is 12.4. The van der Waals surface area contributed by atoms with E-state index < -0.39 is 0 Å². The van der Waals surface area contributed by atoms with Crippen LogP contribution in [0.5, 0.6) is 5.75 Å². The van der Waals surface area contributed by atoms with Crippen molar-refractivity contribution in [3.63, 3.8) is 0 Å². The number of hydrogen-bond donors (Lipinski definition) is 1. The van der Waals surface area contributed by atoms with Crippen LogP contribution in [0.15, 0.2) is 64.1 Å². The van der Waals surface area contributed by atoms with Gasteiger partial charge in [-0.25, -0.2) is 4.98 Å². The number of aromatic nitrogens is 2. The SMILES string of the molecule is Cc1ccc(OCCNC(=O)Cn2cnc3c(oc4ccccc43)c2=O)cc1. The van der Waals surface area contributed by atoms with Gasteiger partial charge in [-0.05, 0) is 31.2 Å². The fraction of sp³-hybridized carbons (Fsp3) is 0.190. The summed E-state index contributed by atoms with van der Waals surface area (Å²) in [6, 6.07) is 15.0. The lowest BCUT2D eigenvalue weighted by Gasteiger charge is -2.09. The van der Waals surface area contributed by atoms with Crippen LogP contribution in [0, 0.1) is 6.92 Å². The minimum absolute atomic E-state index is 0.136. The van der Waals surface area contributed by atoms with E-state index in [1.54, 1.807) is 6.07 Å². The van der Waals surface area contributed by atoms with E-state index in [4.69, 9.17) is 9.15 Å². The van der Waals surface area contributed by atoms with Crippen LogP contribution >= 0.6 is 0 Å². The quantitative estimate of drug-likeness (QED) is 0.522. The Morgan fingerprint density at radius 2 is 1.96 bits per heavy atom. The summed E-state index contributed by atoms with van der Waals surface area (Å²) in [6.45, 7) is 2.54. The van der Waals surface area contributed by atoms with Crippen molar-refractivity contribution in [2.24, 2.45) is 0 Å². The van der Waals surface area contributed by atoms with Crippen molar-refractivity contribution in [1.29, 1.82) is 0 Å². The zero-order valence-corrected chi connectivity index (χ0v) is 15.3. The number of furan rings is 1. The van der Waals surface area contributed by atoms with Gasteiger partial charge in [-0.1, -0.05) is 29.8 Å². The molecule has 2 aromatic heterocycles. The van der Waals surface area contributed by atoms with Gasteiger partial charge in [-0.3, -0.25) is 14.2 Å². The molecule has 0 radical (unpaired) electrons. The molecule has 0 bridgehead atoms. The molecule has 7 nitrogen and oxygen atoms in total. The zero-order valence-electron chi connectivity index (χ0n) is 15.3. The van der Waals surface area contributed by atoms with Gasteiger partial charge in [0.15, 0.2) is 0 Å². The Bertz CT molecular complexity index is 1190. The molecule has 28 heavy (non-hydrogen) atoms. The predicted molar refractivity (Wildman–Crippen MR) is 105 cm³/mol. The normalized spacial score (nSPS) is 11.0. The number of hydrogen-bond acceptors (Lipinski definition) is 5. The Morgan fingerprint density at radius 3 is 2.79 bits per heavy atom. The lowest BCUT2D eigenvalue weighted by atomic mass is 10.2. The molecule has 142 valence electrons. The molecule has 0 aliphatic heterocycles. The van der Waals surface area contributed by atoms with E-state index in [0.717, 1.165) is 16.7 Å². The molecule has 0 atom stereocenters. The first-order valence-corrected chi connectivity index (χ1v) is 8.94. The molecule has 0 spiro atoms. The highest BCUT2D eigenvalue weighted by molar-refractivity contribution is 6.01. The summed E-state index contributed by atoms with van der Waals surface area (Å²) in [5.41, 5.74) is 2.02. The third kappa shape index (κ3) is 3.59. The van der Waals surface area contributed by atoms with Crippen LogP contribution in [0.1, 0.15) is 5.56 Å². The smallest absolute Gasteiger partial charge is 0.297 e. The van der Waals surface area contributed by atoms with Gasteiger partial charge < -0.3 is 14.5 Å². The highest BCUT2D eigenvalue weighted by Gasteiger charge is 2.14. The average molecular weight is 377 g/mol. The maximum atomic E-state index is 12.6. The molecular weight excluding hydrogens is 358 g/mol. The van der Waals surface area contributed by atoms with Crippen LogP contribution in [0.2, 0.25) is 0 Å². The number of fused-ring (bicyclic) bond motifs is 3. The van der Waals surface area contributed by atoms with Crippen LogP contribution < -0.4 is 15.6 Å². The monoisotopic (exact) mass is 377 g/mol. The topological polar surface area (TPSA) is 86.4 Å². The predicted octanol–water partition coefficient (Wildman–Crippen LogP) is 2.65. The lowest BCUT2D eigenvalue weighted by Crippen LogP contribution is -2.34. The fourth-order valence-corrected chi connectivity index (χ4v) is 2.93. The number of rotatable bonds is 6. The number of nitrogens with one attached hydrogen (secondary N) is 1. The molecule has 0 aliphatic carbocycles. The Balaban J connectivity index is 1.38. The maximum absolute atomic E-state index is 12.6. The summed E-state index contributed by atoms with van der Waals surface area (Å²) in [5.74, 6) is 0.447. The summed E-state index contributed by atoms with van der Waals surface area (Å²) >= 11 is 0. The summed E-state index contributed by atoms with van der Waals surface area (Å²) in [4.78, 5) is 29.0. The van der Waals surface area contributed by atoms with Gasteiger partial charge in [0.2, 0.25) is 11.5 Å². The third-order valence-electron chi connectivity index (χ3n) is 4.38. The van der Waals surface area contributed by atoms with E-state index in [-0.39, 0.29) is 23.6 Å². The highest BCUT2D eigenvalue weighted by Crippen LogP contribution is 2.23. The number of ether oxygens (including phenoxy) is 1. The minimum atomic E-state index is -0.382. The van der Waals surface area contributed by atoms with Crippen molar-refractivity contribution >= 4 is 28.0 Å². The van der Waals surface area contributed by atoms with Gasteiger partial charge in [0.1, 0.15) is 30.0 Å². The van der Waals surface area contributed by atoms with Crippen molar-refractivity contribution in [2.75, 3.05) is 13.2 Å². The number of carbonyl (C=O) groups is 1. The van der Waals surface area contributed by atoms with Crippen LogP contribution in [0.4, 0.5) is 0 Å². The summed E-state index contributed by atoms with van der Waals surface area (Å²) in [6.07, 6.45) is 1.37. The third-order valence-corrected chi connectivity index (χ3v) is 4.38. The van der Waals surface area contributed by atoms with Crippen LogP contribution in [-0.2, 0) is 11.3 Å². The standard InChI is InChI=1S/C21H19N3O4/c1-14-6-8-15(9-7-14)27-11-10-22-18(25)12-24-13-23-19-16-4-2-3-5-17(16)28-20(19)21(24)26/h2-9,13H,10-12H2,1H3,(H,22,25). The van der Waals surface area contributed by atoms with Crippen molar-refractivity contribution in [2.45, 2.75) is 13.5 Å². The van der Waals surface area contributed by atoms with Crippen molar-refractivity contribution < 1.29 is 13.9 Å². The molecule has 2 aromatic carbocycles. The van der Waals surface area contributed by atoms with Gasteiger partial charge in [0, 0.05) is 5.39 Å². The number of benzene rings is 2. The lowest BCUT2D eigenvalue weighted by molar-refractivity contribution is -0.121. The molecule has 0 saturated carbocycles. The first-order chi connectivity index (χ1) is 13.6. The van der Waals surface area contributed by atoms with E-state index in [2.05, 4.69) is 10.3 Å². The number of nitrogens with zero attached hydrogens (tertiary/aromatic N) is 2. The van der Waals surface area contributed by atoms with E-state index >= 15 is 0 Å². The second kappa shape index (κ2) is 7.56. The molecule has 1 amide bonds. The molecule has 0 fully saturated rings. The zero-order chi connectivity index (χ0) is 19.5. The van der Waals surface area contributed by atoms with E-state index in [9.17, 15) is 9.59 Å². The maximum Gasteiger partial charge on any atom is 0.297 e. The average Bonchev–Trinajstić information content (AvgIpc) is 3.08. The Kier molecular flexibility index (Phi) is 4.80. The number of carbonyl (C=O) groups excluding carboxylic acids is 1. The molecule has 0 unspecified atom stereocenters. The van der Waals surface area contributed by atoms with E-state index in [1.807, 2.05) is 49.4 Å². The minimum Gasteiger partial charge on any atom is -0.492 e. The molecule has 2 heterocycles. The molecule has 1 N–H and O–H groups in total. The summed E-state index contributed by atoms with van der Waals surface area (Å²) in [5, 5.41) is 3.51. The Hall–Kier alpha value is -3.61. The molecular formula is C21H19N3O4. The molecule has 7 heteroatoms. The highest BCUT2D eigenvalue weighted by atomic mass is 16.5.